The molecule has 1 N–H and O–H groups in total. The summed E-state index contributed by atoms with van der Waals surface area (Å²) in [6.45, 7) is 9.58. The third-order valence-corrected chi connectivity index (χ3v) is 3.94. The van der Waals surface area contributed by atoms with Gasteiger partial charge in [0.2, 0.25) is 0 Å². The number of likely N-dealkylation sites (N-methyl/N-ethyl adjacent to an activating group) is 1. The molecule has 15 heavy (non-hydrogen) atoms. The van der Waals surface area contributed by atoms with Gasteiger partial charge in [0, 0.05) is 18.6 Å². The molecule has 3 unspecified atom stereocenters. The van der Waals surface area contributed by atoms with Gasteiger partial charge in [-0.05, 0) is 39.3 Å². The van der Waals surface area contributed by atoms with Crippen LogP contribution in [0.2, 0.25) is 0 Å². The molecule has 3 atom stereocenters. The summed E-state index contributed by atoms with van der Waals surface area (Å²) in [5, 5.41) is 3.41. The maximum absolute atomic E-state index is 3.41. The van der Waals surface area contributed by atoms with E-state index < -0.39 is 0 Å². The van der Waals surface area contributed by atoms with E-state index in [2.05, 4.69) is 38.0 Å². The highest BCUT2D eigenvalue weighted by molar-refractivity contribution is 4.84. The lowest BCUT2D eigenvalue weighted by molar-refractivity contribution is 0.104. The van der Waals surface area contributed by atoms with E-state index in [0.717, 1.165) is 12.0 Å². The van der Waals surface area contributed by atoms with Gasteiger partial charge in [-0.15, -0.1) is 0 Å². The second-order valence-electron chi connectivity index (χ2n) is 5.15. The number of nitrogens with zero attached hydrogens (tertiary/aromatic N) is 1. The van der Waals surface area contributed by atoms with Crippen molar-refractivity contribution in [1.29, 1.82) is 0 Å². The summed E-state index contributed by atoms with van der Waals surface area (Å²) in [6, 6.07) is 1.40. The van der Waals surface area contributed by atoms with Gasteiger partial charge in [-0.3, -0.25) is 4.90 Å². The lowest BCUT2D eigenvalue weighted by atomic mass is 9.95. The van der Waals surface area contributed by atoms with Crippen LogP contribution in [0, 0.1) is 5.92 Å². The predicted molar refractivity (Wildman–Crippen MR) is 67.2 cm³/mol. The van der Waals surface area contributed by atoms with Crippen molar-refractivity contribution >= 4 is 0 Å². The highest BCUT2D eigenvalue weighted by Gasteiger charge is 2.26. The zero-order chi connectivity index (χ0) is 11.3. The molecule has 1 aliphatic rings. The monoisotopic (exact) mass is 212 g/mol. The van der Waals surface area contributed by atoms with Crippen molar-refractivity contribution in [2.45, 2.75) is 58.5 Å². The third kappa shape index (κ3) is 3.76. The summed E-state index contributed by atoms with van der Waals surface area (Å²) in [6.07, 6.45) is 5.48. The Balaban J connectivity index is 2.49. The van der Waals surface area contributed by atoms with E-state index in [9.17, 15) is 0 Å². The fourth-order valence-corrected chi connectivity index (χ4v) is 2.53. The number of hydrogen-bond acceptors (Lipinski definition) is 2. The van der Waals surface area contributed by atoms with Gasteiger partial charge in [-0.25, -0.2) is 0 Å². The normalized spacial score (nSPS) is 27.6. The number of piperidine rings is 1. The quantitative estimate of drug-likeness (QED) is 0.753. The van der Waals surface area contributed by atoms with Gasteiger partial charge in [0.05, 0.1) is 0 Å². The first-order valence-electron chi connectivity index (χ1n) is 6.60. The molecule has 1 saturated heterocycles. The highest BCUT2D eigenvalue weighted by atomic mass is 15.2. The Morgan fingerprint density at radius 1 is 1.33 bits per heavy atom. The van der Waals surface area contributed by atoms with Gasteiger partial charge in [0.1, 0.15) is 0 Å². The molecule has 0 aliphatic carbocycles. The fourth-order valence-electron chi connectivity index (χ4n) is 2.53. The first-order chi connectivity index (χ1) is 7.19. The summed E-state index contributed by atoms with van der Waals surface area (Å²) < 4.78 is 0. The Bertz CT molecular complexity index is 170. The van der Waals surface area contributed by atoms with E-state index >= 15 is 0 Å². The van der Waals surface area contributed by atoms with E-state index in [1.54, 1.807) is 0 Å². The molecule has 0 aromatic heterocycles. The van der Waals surface area contributed by atoms with E-state index in [0.29, 0.717) is 6.04 Å². The molecule has 0 spiro atoms. The van der Waals surface area contributed by atoms with Crippen LogP contribution in [-0.2, 0) is 0 Å². The molecule has 0 aromatic carbocycles. The van der Waals surface area contributed by atoms with Crippen LogP contribution in [0.15, 0.2) is 0 Å². The number of likely N-dealkylation sites (tertiary alicyclic amines) is 1. The molecule has 2 heteroatoms. The van der Waals surface area contributed by atoms with Crippen LogP contribution in [-0.4, -0.2) is 37.1 Å². The third-order valence-electron chi connectivity index (χ3n) is 3.94. The van der Waals surface area contributed by atoms with E-state index in [4.69, 9.17) is 0 Å². The minimum atomic E-state index is 0.634. The van der Waals surface area contributed by atoms with Crippen LogP contribution in [0.25, 0.3) is 0 Å². The molecular weight excluding hydrogens is 184 g/mol. The Morgan fingerprint density at radius 2 is 2.07 bits per heavy atom. The zero-order valence-corrected chi connectivity index (χ0v) is 10.9. The first-order valence-corrected chi connectivity index (χ1v) is 6.60. The van der Waals surface area contributed by atoms with Crippen LogP contribution < -0.4 is 5.32 Å². The Kier molecular flexibility index (Phi) is 5.62. The average molecular weight is 212 g/mol. The minimum absolute atomic E-state index is 0.634. The van der Waals surface area contributed by atoms with E-state index in [1.807, 2.05) is 0 Å². The molecule has 0 saturated carbocycles. The smallest absolute Gasteiger partial charge is 0.0246 e. The molecule has 0 aromatic rings. The van der Waals surface area contributed by atoms with Gasteiger partial charge in [0.15, 0.2) is 0 Å². The van der Waals surface area contributed by atoms with Crippen LogP contribution in [0.1, 0.15) is 46.5 Å². The van der Waals surface area contributed by atoms with Gasteiger partial charge in [-0.2, -0.15) is 0 Å². The second-order valence-corrected chi connectivity index (χ2v) is 5.15. The predicted octanol–water partition coefficient (Wildman–Crippen LogP) is 2.49. The number of nitrogens with one attached hydrogen (secondary N) is 1. The molecule has 1 aliphatic heterocycles. The van der Waals surface area contributed by atoms with Gasteiger partial charge >= 0.3 is 0 Å². The van der Waals surface area contributed by atoms with Gasteiger partial charge in [-0.1, -0.05) is 26.7 Å². The number of rotatable bonds is 5. The van der Waals surface area contributed by atoms with E-state index in [1.165, 1.54) is 38.8 Å². The summed E-state index contributed by atoms with van der Waals surface area (Å²) in [7, 11) is 2.08. The SMILES string of the molecule is CCC(C)CN1CCCCC1C(C)NC. The lowest BCUT2D eigenvalue weighted by Gasteiger charge is -2.40. The van der Waals surface area contributed by atoms with Crippen molar-refractivity contribution in [2.75, 3.05) is 20.1 Å². The summed E-state index contributed by atoms with van der Waals surface area (Å²) in [5.41, 5.74) is 0. The molecule has 1 rings (SSSR count). The molecular formula is C13H28N2. The van der Waals surface area contributed by atoms with Crippen molar-refractivity contribution in [3.05, 3.63) is 0 Å². The molecule has 0 bridgehead atoms. The van der Waals surface area contributed by atoms with Crippen LogP contribution in [0.5, 0.6) is 0 Å². The summed E-state index contributed by atoms with van der Waals surface area (Å²) in [4.78, 5) is 2.71. The molecule has 0 radical (unpaired) electrons. The molecule has 0 amide bonds. The Morgan fingerprint density at radius 3 is 2.67 bits per heavy atom. The van der Waals surface area contributed by atoms with E-state index in [-0.39, 0.29) is 0 Å². The Hall–Kier alpha value is -0.0800. The molecule has 1 fully saturated rings. The standard InChI is InChI=1S/C13H28N2/c1-5-11(2)10-15-9-7-6-8-13(15)12(3)14-4/h11-14H,5-10H2,1-4H3. The van der Waals surface area contributed by atoms with Crippen LogP contribution in [0.3, 0.4) is 0 Å². The highest BCUT2D eigenvalue weighted by Crippen LogP contribution is 2.21. The van der Waals surface area contributed by atoms with Crippen molar-refractivity contribution in [3.63, 3.8) is 0 Å². The fraction of sp³-hybridized carbons (Fsp3) is 1.00. The van der Waals surface area contributed by atoms with Gasteiger partial charge in [0.25, 0.3) is 0 Å². The second kappa shape index (κ2) is 6.49. The minimum Gasteiger partial charge on any atom is -0.316 e. The van der Waals surface area contributed by atoms with Crippen LogP contribution in [0.4, 0.5) is 0 Å². The summed E-state index contributed by atoms with van der Waals surface area (Å²) in [5.74, 6) is 0.842. The average Bonchev–Trinajstić information content (AvgIpc) is 2.28. The van der Waals surface area contributed by atoms with Crippen molar-refractivity contribution < 1.29 is 0 Å². The Labute approximate surface area is 95.4 Å². The maximum Gasteiger partial charge on any atom is 0.0246 e. The zero-order valence-electron chi connectivity index (χ0n) is 10.9. The van der Waals surface area contributed by atoms with Crippen molar-refractivity contribution in [3.8, 4) is 0 Å². The van der Waals surface area contributed by atoms with Crippen molar-refractivity contribution in [1.82, 2.24) is 10.2 Å². The maximum atomic E-state index is 3.41. The topological polar surface area (TPSA) is 15.3 Å². The molecule has 1 heterocycles. The largest absolute Gasteiger partial charge is 0.316 e. The lowest BCUT2D eigenvalue weighted by Crippen LogP contribution is -2.51. The van der Waals surface area contributed by atoms with Crippen molar-refractivity contribution in [2.24, 2.45) is 5.92 Å². The van der Waals surface area contributed by atoms with Crippen LogP contribution >= 0.6 is 0 Å². The molecule has 90 valence electrons. The molecule has 2 nitrogen and oxygen atoms in total. The summed E-state index contributed by atoms with van der Waals surface area (Å²) >= 11 is 0. The first kappa shape index (κ1) is 13.0. The number of hydrogen-bond donors (Lipinski definition) is 1. The van der Waals surface area contributed by atoms with Gasteiger partial charge < -0.3 is 5.32 Å².